The number of hydrogen-bond donors (Lipinski definition) is 2. The summed E-state index contributed by atoms with van der Waals surface area (Å²) in [6.45, 7) is 5.27. The molecule has 0 atom stereocenters. The molecule has 0 bridgehead atoms. The van der Waals surface area contributed by atoms with Crippen molar-refractivity contribution in [3.63, 3.8) is 0 Å². The lowest BCUT2D eigenvalue weighted by molar-refractivity contribution is -0.153. The Labute approximate surface area is 176 Å². The topological polar surface area (TPSA) is 48.9 Å². The number of guanidine groups is 1. The van der Waals surface area contributed by atoms with Crippen LogP contribution in [0.4, 0.5) is 13.2 Å². The summed E-state index contributed by atoms with van der Waals surface area (Å²) in [5, 5.41) is 6.49. The van der Waals surface area contributed by atoms with E-state index in [1.54, 1.807) is 19.2 Å². The van der Waals surface area contributed by atoms with E-state index < -0.39 is 12.8 Å². The van der Waals surface area contributed by atoms with Crippen molar-refractivity contribution in [1.29, 1.82) is 0 Å². The number of nitrogens with one attached hydrogen (secondary N) is 2. The molecule has 156 valence electrons. The van der Waals surface area contributed by atoms with Gasteiger partial charge in [0.15, 0.2) is 12.6 Å². The molecular formula is C18H30F3IN4O. The number of nitrogens with zero attached hydrogens (tertiary/aromatic N) is 2. The minimum absolute atomic E-state index is 0. The van der Waals surface area contributed by atoms with Crippen LogP contribution >= 0.6 is 24.0 Å². The van der Waals surface area contributed by atoms with Crippen LogP contribution < -0.4 is 15.4 Å². The molecule has 0 aliphatic rings. The van der Waals surface area contributed by atoms with Crippen LogP contribution in [-0.4, -0.2) is 57.9 Å². The van der Waals surface area contributed by atoms with Crippen molar-refractivity contribution in [1.82, 2.24) is 15.5 Å². The van der Waals surface area contributed by atoms with E-state index in [0.717, 1.165) is 18.7 Å². The second-order valence-electron chi connectivity index (χ2n) is 7.23. The van der Waals surface area contributed by atoms with Crippen molar-refractivity contribution < 1.29 is 17.9 Å². The highest BCUT2D eigenvalue weighted by Crippen LogP contribution is 2.19. The lowest BCUT2D eigenvalue weighted by Crippen LogP contribution is -2.44. The lowest BCUT2D eigenvalue weighted by Gasteiger charge is -2.29. The molecule has 2 N–H and O–H groups in total. The van der Waals surface area contributed by atoms with E-state index in [1.807, 2.05) is 14.1 Å². The number of ether oxygens (including phenoxy) is 1. The number of aliphatic imine (C=N–C) groups is 1. The average molecular weight is 502 g/mol. The molecule has 1 aromatic rings. The Morgan fingerprint density at radius 1 is 1.11 bits per heavy atom. The van der Waals surface area contributed by atoms with Gasteiger partial charge in [-0.05, 0) is 37.2 Å². The van der Waals surface area contributed by atoms with Crippen LogP contribution in [0.1, 0.15) is 19.4 Å². The predicted octanol–water partition coefficient (Wildman–Crippen LogP) is 3.50. The molecule has 0 saturated carbocycles. The molecule has 0 aliphatic carbocycles. The summed E-state index contributed by atoms with van der Waals surface area (Å²) in [5.74, 6) is 0.869. The van der Waals surface area contributed by atoms with Crippen LogP contribution in [0.3, 0.4) is 0 Å². The maximum absolute atomic E-state index is 12.1. The summed E-state index contributed by atoms with van der Waals surface area (Å²) in [4.78, 5) is 6.33. The van der Waals surface area contributed by atoms with Gasteiger partial charge < -0.3 is 20.3 Å². The summed E-state index contributed by atoms with van der Waals surface area (Å²) in [6, 6.07) is 6.50. The first-order chi connectivity index (χ1) is 12.0. The van der Waals surface area contributed by atoms with Gasteiger partial charge in [-0.2, -0.15) is 13.2 Å². The molecule has 0 aliphatic heterocycles. The van der Waals surface area contributed by atoms with Crippen molar-refractivity contribution in [2.45, 2.75) is 26.6 Å². The summed E-state index contributed by atoms with van der Waals surface area (Å²) >= 11 is 0. The Hall–Kier alpha value is -1.23. The summed E-state index contributed by atoms with van der Waals surface area (Å²) in [6.07, 6.45) is -4.33. The SMILES string of the molecule is CN=C(NCc1ccc(OCC(F)(F)F)cc1)NCC(C)(C)CN(C)C.I. The minimum atomic E-state index is -4.33. The largest absolute Gasteiger partial charge is 0.484 e. The zero-order chi connectivity index (χ0) is 19.8. The molecule has 0 amide bonds. The normalized spacial score (nSPS) is 12.6. The maximum Gasteiger partial charge on any atom is 0.422 e. The van der Waals surface area contributed by atoms with Gasteiger partial charge >= 0.3 is 6.18 Å². The highest BCUT2D eigenvalue weighted by atomic mass is 127. The van der Waals surface area contributed by atoms with Crippen LogP contribution in [0.15, 0.2) is 29.3 Å². The van der Waals surface area contributed by atoms with Crippen molar-refractivity contribution in [2.75, 3.05) is 40.8 Å². The number of halogens is 4. The third kappa shape index (κ3) is 12.0. The molecule has 27 heavy (non-hydrogen) atoms. The first kappa shape index (κ1) is 25.8. The molecule has 0 unspecified atom stereocenters. The first-order valence-electron chi connectivity index (χ1n) is 8.38. The molecule has 9 heteroatoms. The van der Waals surface area contributed by atoms with Crippen LogP contribution in [0.5, 0.6) is 5.75 Å². The fraction of sp³-hybridized carbons (Fsp3) is 0.611. The fourth-order valence-electron chi connectivity index (χ4n) is 2.51. The summed E-state index contributed by atoms with van der Waals surface area (Å²) < 4.78 is 41.1. The molecule has 5 nitrogen and oxygen atoms in total. The van der Waals surface area contributed by atoms with E-state index in [2.05, 4.69) is 34.4 Å². The van der Waals surface area contributed by atoms with Gasteiger partial charge in [0.05, 0.1) is 0 Å². The van der Waals surface area contributed by atoms with Gasteiger partial charge in [0.25, 0.3) is 0 Å². The average Bonchev–Trinajstić information content (AvgIpc) is 2.52. The van der Waals surface area contributed by atoms with E-state index in [9.17, 15) is 13.2 Å². The summed E-state index contributed by atoms with van der Waals surface area (Å²) in [7, 11) is 5.77. The molecule has 1 rings (SSSR count). The van der Waals surface area contributed by atoms with Crippen LogP contribution in [0.25, 0.3) is 0 Å². The summed E-state index contributed by atoms with van der Waals surface area (Å²) in [5.41, 5.74) is 0.998. The Bertz CT molecular complexity index is 575. The van der Waals surface area contributed by atoms with Crippen LogP contribution in [-0.2, 0) is 6.54 Å². The maximum atomic E-state index is 12.1. The van der Waals surface area contributed by atoms with E-state index in [4.69, 9.17) is 4.74 Å². The Kier molecular flexibility index (Phi) is 11.0. The van der Waals surface area contributed by atoms with Crippen molar-refractivity contribution in [2.24, 2.45) is 10.4 Å². The lowest BCUT2D eigenvalue weighted by atomic mass is 9.93. The van der Waals surface area contributed by atoms with Crippen molar-refractivity contribution in [3.8, 4) is 5.75 Å². The molecule has 1 aromatic carbocycles. The monoisotopic (exact) mass is 502 g/mol. The van der Waals surface area contributed by atoms with Gasteiger partial charge in [0.2, 0.25) is 0 Å². The second kappa shape index (κ2) is 11.6. The standard InChI is InChI=1S/C18H29F3N4O.HI/c1-17(2,12-25(4)5)11-24-16(22-3)23-10-14-6-8-15(9-7-14)26-13-18(19,20)21;/h6-9H,10-13H2,1-5H3,(H2,22,23,24);1H. The number of benzene rings is 1. The smallest absolute Gasteiger partial charge is 0.422 e. The van der Waals surface area contributed by atoms with Gasteiger partial charge in [-0.15, -0.1) is 24.0 Å². The van der Waals surface area contributed by atoms with E-state index >= 15 is 0 Å². The van der Waals surface area contributed by atoms with Gasteiger partial charge in [-0.1, -0.05) is 26.0 Å². The van der Waals surface area contributed by atoms with Crippen LogP contribution in [0.2, 0.25) is 0 Å². The van der Waals surface area contributed by atoms with Crippen LogP contribution in [0, 0.1) is 5.41 Å². The van der Waals surface area contributed by atoms with E-state index in [0.29, 0.717) is 12.5 Å². The van der Waals surface area contributed by atoms with Gasteiger partial charge in [-0.25, -0.2) is 0 Å². The molecule has 0 fully saturated rings. The number of rotatable bonds is 8. The first-order valence-corrected chi connectivity index (χ1v) is 8.38. The predicted molar refractivity (Wildman–Crippen MR) is 114 cm³/mol. The Balaban J connectivity index is 0.00000676. The number of alkyl halides is 3. The molecule has 0 radical (unpaired) electrons. The van der Waals surface area contributed by atoms with Gasteiger partial charge in [0, 0.05) is 26.7 Å². The van der Waals surface area contributed by atoms with E-state index in [-0.39, 0.29) is 35.1 Å². The van der Waals surface area contributed by atoms with Crippen molar-refractivity contribution >= 4 is 29.9 Å². The third-order valence-electron chi connectivity index (χ3n) is 3.49. The highest BCUT2D eigenvalue weighted by molar-refractivity contribution is 14.0. The minimum Gasteiger partial charge on any atom is -0.484 e. The molecule has 0 aromatic heterocycles. The zero-order valence-corrected chi connectivity index (χ0v) is 18.8. The zero-order valence-electron chi connectivity index (χ0n) is 16.5. The molecule has 0 saturated heterocycles. The van der Waals surface area contributed by atoms with Gasteiger partial charge in [-0.3, -0.25) is 4.99 Å². The third-order valence-corrected chi connectivity index (χ3v) is 3.49. The molecule has 0 heterocycles. The van der Waals surface area contributed by atoms with E-state index in [1.165, 1.54) is 12.1 Å². The van der Waals surface area contributed by atoms with Crippen molar-refractivity contribution in [3.05, 3.63) is 29.8 Å². The van der Waals surface area contributed by atoms with Gasteiger partial charge in [0.1, 0.15) is 5.75 Å². The Morgan fingerprint density at radius 2 is 1.70 bits per heavy atom. The highest BCUT2D eigenvalue weighted by Gasteiger charge is 2.28. The Morgan fingerprint density at radius 3 is 2.19 bits per heavy atom. The second-order valence-corrected chi connectivity index (χ2v) is 7.23. The molecule has 0 spiro atoms. The number of hydrogen-bond acceptors (Lipinski definition) is 3. The quantitative estimate of drug-likeness (QED) is 0.325. The fourth-order valence-corrected chi connectivity index (χ4v) is 2.51. The molecular weight excluding hydrogens is 472 g/mol.